The number of hydrogen-bond acceptors (Lipinski definition) is 2. The van der Waals surface area contributed by atoms with Crippen LogP contribution in [-0.4, -0.2) is 17.2 Å². The smallest absolute Gasteiger partial charge is 0.0619 e. The maximum Gasteiger partial charge on any atom is 0.0619 e. The number of thioether (sulfide) groups is 1. The van der Waals surface area contributed by atoms with Gasteiger partial charge in [-0.15, -0.1) is 11.8 Å². The third-order valence-corrected chi connectivity index (χ3v) is 5.10. The zero-order chi connectivity index (χ0) is 9.31. The summed E-state index contributed by atoms with van der Waals surface area (Å²) in [5, 5.41) is 3.71. The molecule has 1 aliphatic carbocycles. The van der Waals surface area contributed by atoms with Gasteiger partial charge in [0.15, 0.2) is 0 Å². The molecule has 13 heavy (non-hydrogen) atoms. The standard InChI is InChI=1S/C11H21NS/c1-9-7-12-11(2,13-8-9)6-10-4-3-5-10/h9-10,12H,3-8H2,1-2H3. The second-order valence-electron chi connectivity index (χ2n) is 5.03. The first-order chi connectivity index (χ1) is 6.18. The first kappa shape index (κ1) is 9.85. The number of nitrogens with one attached hydrogen (secondary N) is 1. The van der Waals surface area contributed by atoms with Crippen LogP contribution in [0, 0.1) is 11.8 Å². The van der Waals surface area contributed by atoms with E-state index in [-0.39, 0.29) is 0 Å². The largest absolute Gasteiger partial charge is 0.303 e. The van der Waals surface area contributed by atoms with Crippen LogP contribution in [0.2, 0.25) is 0 Å². The summed E-state index contributed by atoms with van der Waals surface area (Å²) >= 11 is 2.14. The summed E-state index contributed by atoms with van der Waals surface area (Å²) in [5.41, 5.74) is 0. The predicted molar refractivity (Wildman–Crippen MR) is 60.0 cm³/mol. The minimum absolute atomic E-state index is 0.400. The normalized spacial score (nSPS) is 41.5. The van der Waals surface area contributed by atoms with Gasteiger partial charge in [-0.2, -0.15) is 0 Å². The van der Waals surface area contributed by atoms with Crippen molar-refractivity contribution in [3.05, 3.63) is 0 Å². The molecule has 2 atom stereocenters. The van der Waals surface area contributed by atoms with E-state index in [2.05, 4.69) is 30.9 Å². The van der Waals surface area contributed by atoms with Gasteiger partial charge in [0.05, 0.1) is 4.87 Å². The third kappa shape index (κ3) is 2.41. The van der Waals surface area contributed by atoms with Gasteiger partial charge in [-0.05, 0) is 37.5 Å². The molecular weight excluding hydrogens is 178 g/mol. The Labute approximate surface area is 86.0 Å². The first-order valence-corrected chi connectivity index (χ1v) is 6.55. The monoisotopic (exact) mass is 199 g/mol. The Hall–Kier alpha value is 0.310. The Morgan fingerprint density at radius 2 is 2.23 bits per heavy atom. The third-order valence-electron chi connectivity index (χ3n) is 3.41. The average molecular weight is 199 g/mol. The Morgan fingerprint density at radius 3 is 2.69 bits per heavy atom. The fourth-order valence-corrected chi connectivity index (χ4v) is 3.51. The molecule has 0 radical (unpaired) electrons. The SMILES string of the molecule is CC1CNC(C)(CC2CCC2)SC1. The first-order valence-electron chi connectivity index (χ1n) is 5.57. The van der Waals surface area contributed by atoms with E-state index in [9.17, 15) is 0 Å². The minimum Gasteiger partial charge on any atom is -0.303 e. The Bertz CT molecular complexity index is 169. The molecule has 2 aliphatic rings. The lowest BCUT2D eigenvalue weighted by atomic mass is 9.81. The lowest BCUT2D eigenvalue weighted by Gasteiger charge is -2.41. The molecular formula is C11H21NS. The van der Waals surface area contributed by atoms with E-state index in [1.807, 2.05) is 0 Å². The van der Waals surface area contributed by atoms with Crippen molar-refractivity contribution in [1.29, 1.82) is 0 Å². The summed E-state index contributed by atoms with van der Waals surface area (Å²) in [6.45, 7) is 5.95. The second kappa shape index (κ2) is 3.82. The predicted octanol–water partition coefficient (Wildman–Crippen LogP) is 2.87. The van der Waals surface area contributed by atoms with Crippen LogP contribution >= 0.6 is 11.8 Å². The molecule has 2 rings (SSSR count). The summed E-state index contributed by atoms with van der Waals surface area (Å²) in [5.74, 6) is 3.23. The van der Waals surface area contributed by atoms with E-state index in [4.69, 9.17) is 0 Å². The van der Waals surface area contributed by atoms with Crippen molar-refractivity contribution in [3.63, 3.8) is 0 Å². The summed E-state index contributed by atoms with van der Waals surface area (Å²) in [4.78, 5) is 0.400. The Kier molecular flexibility index (Phi) is 2.89. The molecule has 0 aromatic carbocycles. The van der Waals surface area contributed by atoms with Crippen molar-refractivity contribution in [2.24, 2.45) is 11.8 Å². The van der Waals surface area contributed by atoms with E-state index in [1.165, 1.54) is 38.0 Å². The van der Waals surface area contributed by atoms with Crippen LogP contribution in [-0.2, 0) is 0 Å². The van der Waals surface area contributed by atoms with Crippen LogP contribution in [0.3, 0.4) is 0 Å². The minimum atomic E-state index is 0.400. The summed E-state index contributed by atoms with van der Waals surface area (Å²) < 4.78 is 0. The van der Waals surface area contributed by atoms with Gasteiger partial charge in [-0.3, -0.25) is 0 Å². The van der Waals surface area contributed by atoms with Gasteiger partial charge in [0.25, 0.3) is 0 Å². The molecule has 0 bridgehead atoms. The zero-order valence-electron chi connectivity index (χ0n) is 8.81. The maximum atomic E-state index is 3.71. The average Bonchev–Trinajstić information content (AvgIpc) is 2.05. The van der Waals surface area contributed by atoms with Gasteiger partial charge in [0.1, 0.15) is 0 Å². The number of hydrogen-bond donors (Lipinski definition) is 1. The van der Waals surface area contributed by atoms with E-state index >= 15 is 0 Å². The lowest BCUT2D eigenvalue weighted by Crippen LogP contribution is -2.48. The van der Waals surface area contributed by atoms with Crippen LogP contribution in [0.1, 0.15) is 39.5 Å². The fraction of sp³-hybridized carbons (Fsp3) is 1.00. The van der Waals surface area contributed by atoms with E-state index in [0.717, 1.165) is 11.8 Å². The highest BCUT2D eigenvalue weighted by Crippen LogP contribution is 2.40. The fourth-order valence-electron chi connectivity index (χ4n) is 2.21. The summed E-state index contributed by atoms with van der Waals surface area (Å²) in [6, 6.07) is 0. The van der Waals surface area contributed by atoms with Crippen molar-refractivity contribution in [1.82, 2.24) is 5.32 Å². The summed E-state index contributed by atoms with van der Waals surface area (Å²) in [7, 11) is 0. The molecule has 1 heterocycles. The second-order valence-corrected chi connectivity index (χ2v) is 6.55. The molecule has 1 N–H and O–H groups in total. The highest BCUT2D eigenvalue weighted by molar-refractivity contribution is 8.00. The van der Waals surface area contributed by atoms with Crippen molar-refractivity contribution in [2.45, 2.75) is 44.4 Å². The molecule has 2 heteroatoms. The van der Waals surface area contributed by atoms with Crippen LogP contribution in [0.15, 0.2) is 0 Å². The van der Waals surface area contributed by atoms with E-state index in [1.54, 1.807) is 0 Å². The topological polar surface area (TPSA) is 12.0 Å². The molecule has 2 fully saturated rings. The molecule has 1 saturated carbocycles. The molecule has 76 valence electrons. The molecule has 0 amide bonds. The van der Waals surface area contributed by atoms with Crippen LogP contribution in [0.5, 0.6) is 0 Å². The highest BCUT2D eigenvalue weighted by Gasteiger charge is 2.33. The molecule has 1 aliphatic heterocycles. The molecule has 1 nitrogen and oxygen atoms in total. The molecule has 1 saturated heterocycles. The Morgan fingerprint density at radius 1 is 1.46 bits per heavy atom. The lowest BCUT2D eigenvalue weighted by molar-refractivity contribution is 0.246. The van der Waals surface area contributed by atoms with Crippen LogP contribution in [0.4, 0.5) is 0 Å². The van der Waals surface area contributed by atoms with E-state index < -0.39 is 0 Å². The molecule has 0 aromatic rings. The van der Waals surface area contributed by atoms with Gasteiger partial charge in [-0.25, -0.2) is 0 Å². The maximum absolute atomic E-state index is 3.71. The quantitative estimate of drug-likeness (QED) is 0.734. The van der Waals surface area contributed by atoms with Gasteiger partial charge in [0.2, 0.25) is 0 Å². The van der Waals surface area contributed by atoms with Crippen molar-refractivity contribution < 1.29 is 0 Å². The van der Waals surface area contributed by atoms with Crippen LogP contribution < -0.4 is 5.32 Å². The van der Waals surface area contributed by atoms with Gasteiger partial charge >= 0.3 is 0 Å². The molecule has 2 unspecified atom stereocenters. The van der Waals surface area contributed by atoms with Crippen molar-refractivity contribution in [3.8, 4) is 0 Å². The van der Waals surface area contributed by atoms with Crippen molar-refractivity contribution in [2.75, 3.05) is 12.3 Å². The summed E-state index contributed by atoms with van der Waals surface area (Å²) in [6.07, 6.45) is 5.83. The Balaban J connectivity index is 1.81. The zero-order valence-corrected chi connectivity index (χ0v) is 9.62. The van der Waals surface area contributed by atoms with Crippen molar-refractivity contribution >= 4 is 11.8 Å². The molecule has 0 spiro atoms. The highest BCUT2D eigenvalue weighted by atomic mass is 32.2. The van der Waals surface area contributed by atoms with Crippen LogP contribution in [0.25, 0.3) is 0 Å². The van der Waals surface area contributed by atoms with Gasteiger partial charge in [-0.1, -0.05) is 26.2 Å². The van der Waals surface area contributed by atoms with E-state index in [0.29, 0.717) is 4.87 Å². The number of rotatable bonds is 2. The van der Waals surface area contributed by atoms with Gasteiger partial charge < -0.3 is 5.32 Å². The molecule has 0 aromatic heterocycles. The van der Waals surface area contributed by atoms with Gasteiger partial charge in [0, 0.05) is 0 Å².